The zero-order valence-corrected chi connectivity index (χ0v) is 22.8. The summed E-state index contributed by atoms with van der Waals surface area (Å²) < 4.78 is 18.8. The number of benzene rings is 1. The Kier molecular flexibility index (Phi) is 7.30. The average Bonchev–Trinajstić information content (AvgIpc) is 3.46. The van der Waals surface area contributed by atoms with Gasteiger partial charge in [0.25, 0.3) is 5.56 Å². The molecule has 194 valence electrons. The Bertz CT molecular complexity index is 1730. The van der Waals surface area contributed by atoms with E-state index < -0.39 is 12.0 Å². The number of rotatable bonds is 7. The first-order valence-corrected chi connectivity index (χ1v) is 13.4. The van der Waals surface area contributed by atoms with Gasteiger partial charge in [-0.1, -0.05) is 29.5 Å². The lowest BCUT2D eigenvalue weighted by atomic mass is 9.95. The summed E-state index contributed by atoms with van der Waals surface area (Å²) in [5, 5.41) is 1.17. The molecule has 3 aromatic heterocycles. The minimum atomic E-state index is -0.759. The molecule has 0 fully saturated rings. The molecule has 0 aliphatic carbocycles. The number of aryl methyl sites for hydroxylation is 1. The maximum atomic E-state index is 13.8. The van der Waals surface area contributed by atoms with Crippen molar-refractivity contribution in [3.8, 4) is 5.75 Å². The Morgan fingerprint density at radius 3 is 2.79 bits per heavy atom. The summed E-state index contributed by atoms with van der Waals surface area (Å²) in [6.45, 7) is 5.58. The first-order chi connectivity index (χ1) is 18.4. The van der Waals surface area contributed by atoms with Gasteiger partial charge in [-0.2, -0.15) is 0 Å². The normalized spacial score (nSPS) is 15.3. The van der Waals surface area contributed by atoms with Gasteiger partial charge in [-0.25, -0.2) is 19.8 Å². The van der Waals surface area contributed by atoms with E-state index in [9.17, 15) is 9.59 Å². The molecule has 0 saturated carbocycles. The van der Waals surface area contributed by atoms with Crippen LogP contribution in [0.4, 0.5) is 0 Å². The Morgan fingerprint density at radius 2 is 2.03 bits per heavy atom. The van der Waals surface area contributed by atoms with Crippen molar-refractivity contribution in [2.45, 2.75) is 37.1 Å². The van der Waals surface area contributed by atoms with E-state index in [0.29, 0.717) is 47.9 Å². The van der Waals surface area contributed by atoms with Crippen molar-refractivity contribution in [2.75, 3.05) is 13.7 Å². The molecule has 1 aliphatic heterocycles. The van der Waals surface area contributed by atoms with Crippen LogP contribution in [0.15, 0.2) is 84.4 Å². The lowest BCUT2D eigenvalue weighted by molar-refractivity contribution is -0.139. The van der Waals surface area contributed by atoms with Gasteiger partial charge < -0.3 is 13.9 Å². The van der Waals surface area contributed by atoms with Gasteiger partial charge in [-0.15, -0.1) is 0 Å². The highest BCUT2D eigenvalue weighted by Crippen LogP contribution is 2.35. The number of thiazole rings is 1. The number of fused-ring (bicyclic) bond motifs is 1. The third-order valence-electron chi connectivity index (χ3n) is 5.79. The topological polar surface area (TPSA) is 109 Å². The lowest BCUT2D eigenvalue weighted by Crippen LogP contribution is -2.40. The summed E-state index contributed by atoms with van der Waals surface area (Å²) in [4.78, 5) is 40.5. The molecule has 1 atom stereocenters. The Balaban J connectivity index is 1.60. The number of methoxy groups -OCH3 is 1. The minimum Gasteiger partial charge on any atom is -0.496 e. The summed E-state index contributed by atoms with van der Waals surface area (Å²) in [7, 11) is 1.55. The summed E-state index contributed by atoms with van der Waals surface area (Å²) in [5.41, 5.74) is 2.01. The summed E-state index contributed by atoms with van der Waals surface area (Å²) >= 11 is 2.52. The average molecular weight is 549 g/mol. The highest BCUT2D eigenvalue weighted by atomic mass is 32.2. The van der Waals surface area contributed by atoms with E-state index in [-0.39, 0.29) is 12.2 Å². The number of hydrogen-bond acceptors (Lipinski definition) is 10. The molecule has 0 saturated heterocycles. The fourth-order valence-electron chi connectivity index (χ4n) is 4.14. The minimum absolute atomic E-state index is 0.200. The van der Waals surface area contributed by atoms with Crippen LogP contribution in [0.2, 0.25) is 0 Å². The van der Waals surface area contributed by atoms with Gasteiger partial charge in [0.1, 0.15) is 17.6 Å². The fraction of sp³-hybridized carbons (Fsp3) is 0.222. The molecule has 1 aromatic carbocycles. The predicted octanol–water partition coefficient (Wildman–Crippen LogP) is 3.65. The number of ether oxygens (including phenoxy) is 2. The van der Waals surface area contributed by atoms with Crippen LogP contribution in [0.3, 0.4) is 0 Å². The number of para-hydroxylation sites is 1. The fourth-order valence-corrected chi connectivity index (χ4v) is 5.92. The van der Waals surface area contributed by atoms with Crippen molar-refractivity contribution in [1.82, 2.24) is 14.5 Å². The maximum absolute atomic E-state index is 13.8. The summed E-state index contributed by atoms with van der Waals surface area (Å²) in [6.07, 6.45) is 3.37. The second-order valence-corrected chi connectivity index (χ2v) is 10.3. The SMILES string of the molecule is CCOC(=O)C1=C(C)N=c2s/c(=C/c3ccc(Sc4nccc(C)n4)o3)c(=O)n2[C@@H]1c1ccccc1OC. The van der Waals surface area contributed by atoms with Crippen LogP contribution in [0.5, 0.6) is 5.75 Å². The quantitative estimate of drug-likeness (QED) is 0.254. The van der Waals surface area contributed by atoms with Crippen LogP contribution in [-0.2, 0) is 9.53 Å². The van der Waals surface area contributed by atoms with E-state index in [1.165, 1.54) is 27.7 Å². The second-order valence-electron chi connectivity index (χ2n) is 8.28. The molecule has 5 rings (SSSR count). The largest absolute Gasteiger partial charge is 0.496 e. The second kappa shape index (κ2) is 10.8. The third-order valence-corrected chi connectivity index (χ3v) is 7.57. The molecular weight excluding hydrogens is 524 g/mol. The highest BCUT2D eigenvalue weighted by Gasteiger charge is 2.35. The Morgan fingerprint density at radius 1 is 1.21 bits per heavy atom. The Hall–Kier alpha value is -3.96. The first kappa shape index (κ1) is 25.7. The van der Waals surface area contributed by atoms with Crippen LogP contribution in [0.1, 0.15) is 36.9 Å². The molecule has 0 N–H and O–H groups in total. The van der Waals surface area contributed by atoms with Gasteiger partial charge in [0.15, 0.2) is 15.1 Å². The zero-order valence-electron chi connectivity index (χ0n) is 21.1. The maximum Gasteiger partial charge on any atom is 0.338 e. The smallest absolute Gasteiger partial charge is 0.338 e. The van der Waals surface area contributed by atoms with E-state index >= 15 is 0 Å². The highest BCUT2D eigenvalue weighted by molar-refractivity contribution is 7.99. The molecular formula is C27H24N4O5S2. The monoisotopic (exact) mass is 548 g/mol. The molecule has 0 spiro atoms. The number of allylic oxidation sites excluding steroid dienone is 1. The van der Waals surface area contributed by atoms with E-state index in [1.807, 2.05) is 31.2 Å². The molecule has 0 bridgehead atoms. The molecule has 9 nitrogen and oxygen atoms in total. The zero-order chi connectivity index (χ0) is 26.8. The molecule has 38 heavy (non-hydrogen) atoms. The molecule has 0 radical (unpaired) electrons. The molecule has 0 unspecified atom stereocenters. The van der Waals surface area contributed by atoms with Crippen LogP contribution in [0.25, 0.3) is 6.08 Å². The first-order valence-electron chi connectivity index (χ1n) is 11.8. The molecule has 1 aliphatic rings. The van der Waals surface area contributed by atoms with Crippen LogP contribution < -0.4 is 19.6 Å². The number of carbonyl (C=O) groups excluding carboxylic acids is 1. The number of furan rings is 1. The summed E-state index contributed by atoms with van der Waals surface area (Å²) in [6, 6.07) is 12.0. The molecule has 4 heterocycles. The van der Waals surface area contributed by atoms with E-state index in [4.69, 9.17) is 13.9 Å². The van der Waals surface area contributed by atoms with E-state index in [2.05, 4.69) is 15.0 Å². The van der Waals surface area contributed by atoms with Gasteiger partial charge in [0.2, 0.25) is 0 Å². The van der Waals surface area contributed by atoms with Crippen LogP contribution in [0, 0.1) is 6.92 Å². The number of nitrogens with zero attached hydrogens (tertiary/aromatic N) is 4. The van der Waals surface area contributed by atoms with Gasteiger partial charge in [-0.3, -0.25) is 9.36 Å². The van der Waals surface area contributed by atoms with Crippen molar-refractivity contribution in [1.29, 1.82) is 0 Å². The van der Waals surface area contributed by atoms with Crippen LogP contribution in [-0.4, -0.2) is 34.2 Å². The number of hydrogen-bond donors (Lipinski definition) is 0. The molecule has 4 aromatic rings. The third kappa shape index (κ3) is 4.94. The van der Waals surface area contributed by atoms with E-state index in [0.717, 1.165) is 5.69 Å². The van der Waals surface area contributed by atoms with Crippen molar-refractivity contribution < 1.29 is 18.7 Å². The van der Waals surface area contributed by atoms with E-state index in [1.54, 1.807) is 51.4 Å². The standard InChI is InChI=1S/C27H24N4O5S2/c1-5-35-25(33)22-16(3)30-27-31(23(22)18-8-6-7-9-19(18)34-4)24(32)20(37-27)14-17-10-11-21(36-17)38-26-28-13-12-15(2)29-26/h6-14,23H,5H2,1-4H3/b20-14+/t23-/m1/s1. The van der Waals surface area contributed by atoms with Gasteiger partial charge in [-0.05, 0) is 56.8 Å². The van der Waals surface area contributed by atoms with Gasteiger partial charge in [0.05, 0.1) is 29.5 Å². The molecule has 0 amide bonds. The summed E-state index contributed by atoms with van der Waals surface area (Å²) in [5.74, 6) is 0.528. The number of esters is 1. The van der Waals surface area contributed by atoms with Gasteiger partial charge in [0, 0.05) is 23.5 Å². The van der Waals surface area contributed by atoms with Crippen molar-refractivity contribution in [2.24, 2.45) is 4.99 Å². The van der Waals surface area contributed by atoms with Crippen LogP contribution >= 0.6 is 23.1 Å². The lowest BCUT2D eigenvalue weighted by Gasteiger charge is -2.25. The van der Waals surface area contributed by atoms with Crippen molar-refractivity contribution in [3.63, 3.8) is 0 Å². The van der Waals surface area contributed by atoms with Crippen molar-refractivity contribution in [3.05, 3.63) is 96.6 Å². The number of aromatic nitrogens is 3. The van der Waals surface area contributed by atoms with Crippen molar-refractivity contribution >= 4 is 35.1 Å². The molecule has 11 heteroatoms. The van der Waals surface area contributed by atoms with Gasteiger partial charge >= 0.3 is 5.97 Å². The predicted molar refractivity (Wildman–Crippen MR) is 143 cm³/mol. The number of carbonyl (C=O) groups is 1. The Labute approximate surface area is 226 Å².